The highest BCUT2D eigenvalue weighted by Crippen LogP contribution is 2.36. The smallest absolute Gasteiger partial charge is 0.268 e. The number of hydrogen-bond acceptors (Lipinski definition) is 2. The number of carbonyl (C=O) groups excluding carboxylic acids is 1. The van der Waals surface area contributed by atoms with Gasteiger partial charge in [-0.1, -0.05) is 42.7 Å². The Hall–Kier alpha value is -2.07. The van der Waals surface area contributed by atoms with Gasteiger partial charge in [0.25, 0.3) is 5.91 Å². The highest BCUT2D eigenvalue weighted by atomic mass is 32.1. The van der Waals surface area contributed by atoms with E-state index in [4.69, 9.17) is 0 Å². The molecule has 1 aliphatic rings. The van der Waals surface area contributed by atoms with Gasteiger partial charge in [-0.25, -0.2) is 0 Å². The number of fused-ring (bicyclic) bond motifs is 1. The molecule has 0 bridgehead atoms. The maximum atomic E-state index is 12.8. The summed E-state index contributed by atoms with van der Waals surface area (Å²) >= 11 is 1.71. The van der Waals surface area contributed by atoms with Crippen LogP contribution in [0.25, 0.3) is 10.2 Å². The first-order valence-electron chi connectivity index (χ1n) is 8.64. The monoisotopic (exact) mass is 338 g/mol. The number of nitrogens with one attached hydrogen (secondary N) is 1. The van der Waals surface area contributed by atoms with Crippen LogP contribution in [0.4, 0.5) is 0 Å². The highest BCUT2D eigenvalue weighted by Gasteiger charge is 2.24. The van der Waals surface area contributed by atoms with Crippen LogP contribution in [-0.4, -0.2) is 10.5 Å². The molecule has 0 aliphatic heterocycles. The van der Waals surface area contributed by atoms with E-state index in [1.165, 1.54) is 41.5 Å². The van der Waals surface area contributed by atoms with Crippen LogP contribution >= 0.6 is 11.3 Å². The van der Waals surface area contributed by atoms with Gasteiger partial charge in [-0.15, -0.1) is 11.3 Å². The van der Waals surface area contributed by atoms with Gasteiger partial charge < -0.3 is 9.88 Å². The van der Waals surface area contributed by atoms with Gasteiger partial charge in [0, 0.05) is 12.6 Å². The zero-order chi connectivity index (χ0) is 16.5. The quantitative estimate of drug-likeness (QED) is 0.709. The van der Waals surface area contributed by atoms with Crippen molar-refractivity contribution in [3.63, 3.8) is 0 Å². The molecule has 0 atom stereocenters. The molecule has 1 saturated carbocycles. The highest BCUT2D eigenvalue weighted by molar-refractivity contribution is 7.17. The van der Waals surface area contributed by atoms with Crippen LogP contribution in [0.15, 0.2) is 41.8 Å². The summed E-state index contributed by atoms with van der Waals surface area (Å²) in [5.74, 6) is 0.0332. The van der Waals surface area contributed by atoms with Crippen LogP contribution in [0.1, 0.15) is 53.3 Å². The van der Waals surface area contributed by atoms with Gasteiger partial charge in [-0.3, -0.25) is 4.79 Å². The Bertz CT molecular complexity index is 854. The lowest BCUT2D eigenvalue weighted by Crippen LogP contribution is -2.26. The van der Waals surface area contributed by atoms with Gasteiger partial charge in [0.1, 0.15) is 5.69 Å². The molecule has 1 amide bonds. The third-order valence-corrected chi connectivity index (χ3v) is 5.81. The predicted molar refractivity (Wildman–Crippen MR) is 99.7 cm³/mol. The van der Waals surface area contributed by atoms with Gasteiger partial charge in [-0.2, -0.15) is 0 Å². The Morgan fingerprint density at radius 2 is 1.96 bits per heavy atom. The Balaban J connectivity index is 1.58. The maximum absolute atomic E-state index is 12.8. The van der Waals surface area contributed by atoms with Crippen LogP contribution in [0.3, 0.4) is 0 Å². The Kier molecular flexibility index (Phi) is 4.15. The van der Waals surface area contributed by atoms with Crippen molar-refractivity contribution in [1.29, 1.82) is 0 Å². The van der Waals surface area contributed by atoms with Gasteiger partial charge in [0.15, 0.2) is 0 Å². The SMILES string of the molecule is Cc1ccc(CNC(=O)c2cc3sccc3n2C2CCCC2)cc1. The van der Waals surface area contributed by atoms with Gasteiger partial charge in [0.2, 0.25) is 0 Å². The number of carbonyl (C=O) groups is 1. The van der Waals surface area contributed by atoms with Crippen LogP contribution in [0.2, 0.25) is 0 Å². The first-order valence-corrected chi connectivity index (χ1v) is 9.52. The van der Waals surface area contributed by atoms with E-state index in [9.17, 15) is 4.79 Å². The van der Waals surface area contributed by atoms with Crippen molar-refractivity contribution in [3.05, 3.63) is 58.6 Å². The van der Waals surface area contributed by atoms with Crippen LogP contribution < -0.4 is 5.32 Å². The standard InChI is InChI=1S/C20H22N2OS/c1-14-6-8-15(9-7-14)13-21-20(23)18-12-19-17(10-11-24-19)22(18)16-4-2-3-5-16/h6-12,16H,2-5,13H2,1H3,(H,21,23). The molecular weight excluding hydrogens is 316 g/mol. The average Bonchev–Trinajstić information content (AvgIpc) is 3.30. The van der Waals surface area contributed by atoms with Crippen molar-refractivity contribution in [1.82, 2.24) is 9.88 Å². The molecule has 0 spiro atoms. The summed E-state index contributed by atoms with van der Waals surface area (Å²) in [7, 11) is 0. The first kappa shape index (κ1) is 15.5. The van der Waals surface area contributed by atoms with E-state index < -0.39 is 0 Å². The minimum atomic E-state index is 0.0332. The summed E-state index contributed by atoms with van der Waals surface area (Å²) in [6.45, 7) is 2.65. The molecule has 1 aliphatic carbocycles. The van der Waals surface area contributed by atoms with E-state index >= 15 is 0 Å². The molecule has 0 unspecified atom stereocenters. The Labute approximate surface area is 146 Å². The second-order valence-corrected chi connectivity index (χ2v) is 7.62. The van der Waals surface area contributed by atoms with E-state index in [0.29, 0.717) is 12.6 Å². The molecule has 1 aromatic carbocycles. The number of thiophene rings is 1. The van der Waals surface area contributed by atoms with E-state index in [1.807, 2.05) is 0 Å². The minimum absolute atomic E-state index is 0.0332. The van der Waals surface area contributed by atoms with Crippen molar-refractivity contribution in [3.8, 4) is 0 Å². The fourth-order valence-corrected chi connectivity index (χ4v) is 4.46. The molecular formula is C20H22N2OS. The summed E-state index contributed by atoms with van der Waals surface area (Å²) in [6.07, 6.45) is 4.88. The van der Waals surface area contributed by atoms with Crippen molar-refractivity contribution in [2.24, 2.45) is 0 Å². The molecule has 3 nitrogen and oxygen atoms in total. The zero-order valence-corrected chi connectivity index (χ0v) is 14.7. The minimum Gasteiger partial charge on any atom is -0.347 e. The number of benzene rings is 1. The second-order valence-electron chi connectivity index (χ2n) is 6.68. The van der Waals surface area contributed by atoms with E-state index in [0.717, 1.165) is 11.3 Å². The number of nitrogens with zero attached hydrogens (tertiary/aromatic N) is 1. The lowest BCUT2D eigenvalue weighted by Gasteiger charge is -2.17. The number of rotatable bonds is 4. The van der Waals surface area contributed by atoms with Crippen molar-refractivity contribution < 1.29 is 4.79 Å². The lowest BCUT2D eigenvalue weighted by molar-refractivity contribution is 0.0940. The van der Waals surface area contributed by atoms with Crippen molar-refractivity contribution in [2.75, 3.05) is 0 Å². The molecule has 0 radical (unpaired) electrons. The molecule has 24 heavy (non-hydrogen) atoms. The summed E-state index contributed by atoms with van der Waals surface area (Å²) < 4.78 is 3.49. The number of aryl methyl sites for hydroxylation is 1. The molecule has 1 N–H and O–H groups in total. The predicted octanol–water partition coefficient (Wildman–Crippen LogP) is 5.06. The number of amides is 1. The van der Waals surface area contributed by atoms with Gasteiger partial charge in [0.05, 0.1) is 10.2 Å². The molecule has 0 saturated heterocycles. The fraction of sp³-hybridized carbons (Fsp3) is 0.350. The summed E-state index contributed by atoms with van der Waals surface area (Å²) in [4.78, 5) is 12.8. The van der Waals surface area contributed by atoms with Crippen LogP contribution in [-0.2, 0) is 6.54 Å². The normalized spacial score (nSPS) is 15.2. The largest absolute Gasteiger partial charge is 0.347 e. The first-order chi connectivity index (χ1) is 11.7. The summed E-state index contributed by atoms with van der Waals surface area (Å²) in [5, 5.41) is 5.21. The zero-order valence-electron chi connectivity index (χ0n) is 13.9. The van der Waals surface area contributed by atoms with E-state index in [1.54, 1.807) is 11.3 Å². The topological polar surface area (TPSA) is 34.0 Å². The summed E-state index contributed by atoms with van der Waals surface area (Å²) in [6, 6.07) is 13.0. The maximum Gasteiger partial charge on any atom is 0.268 e. The van der Waals surface area contributed by atoms with E-state index in [2.05, 4.69) is 58.6 Å². The third kappa shape index (κ3) is 2.86. The van der Waals surface area contributed by atoms with Gasteiger partial charge >= 0.3 is 0 Å². The Morgan fingerprint density at radius 3 is 2.71 bits per heavy atom. The van der Waals surface area contributed by atoms with Crippen molar-refractivity contribution in [2.45, 2.75) is 45.2 Å². The van der Waals surface area contributed by atoms with E-state index in [-0.39, 0.29) is 5.91 Å². The third-order valence-electron chi connectivity index (χ3n) is 4.96. The van der Waals surface area contributed by atoms with Crippen LogP contribution in [0.5, 0.6) is 0 Å². The number of aromatic nitrogens is 1. The molecule has 3 aromatic rings. The molecule has 4 rings (SSSR count). The molecule has 2 heterocycles. The molecule has 2 aromatic heterocycles. The van der Waals surface area contributed by atoms with Gasteiger partial charge in [-0.05, 0) is 42.8 Å². The second kappa shape index (κ2) is 6.44. The molecule has 1 fully saturated rings. The van der Waals surface area contributed by atoms with Crippen molar-refractivity contribution >= 4 is 27.5 Å². The molecule has 124 valence electrons. The number of hydrogen-bond donors (Lipinski definition) is 1. The lowest BCUT2D eigenvalue weighted by atomic mass is 10.1. The van der Waals surface area contributed by atoms with Crippen LogP contribution in [0, 0.1) is 6.92 Å². The average molecular weight is 338 g/mol. The fourth-order valence-electron chi connectivity index (χ4n) is 3.65. The Morgan fingerprint density at radius 1 is 1.21 bits per heavy atom. The summed E-state index contributed by atoms with van der Waals surface area (Å²) in [5.41, 5.74) is 4.40. The molecule has 4 heteroatoms.